The van der Waals surface area contributed by atoms with Gasteiger partial charge in [-0.1, -0.05) is 19.3 Å². The van der Waals surface area contributed by atoms with Crippen LogP contribution < -0.4 is 0 Å². The second kappa shape index (κ2) is 3.85. The van der Waals surface area contributed by atoms with E-state index in [0.29, 0.717) is 17.1 Å². The molecule has 0 unspecified atom stereocenters. The van der Waals surface area contributed by atoms with E-state index in [1.807, 2.05) is 0 Å². The molecular formula is C12H13FN2O. The van der Waals surface area contributed by atoms with Gasteiger partial charge in [-0.3, -0.25) is 0 Å². The van der Waals surface area contributed by atoms with E-state index in [0.717, 1.165) is 24.9 Å². The molecule has 16 heavy (non-hydrogen) atoms. The first-order chi connectivity index (χ1) is 7.83. The second-order valence-corrected chi connectivity index (χ2v) is 4.36. The molecular weight excluding hydrogens is 207 g/mol. The van der Waals surface area contributed by atoms with Crippen molar-refractivity contribution >= 4 is 11.2 Å². The molecule has 0 saturated heterocycles. The van der Waals surface area contributed by atoms with Gasteiger partial charge in [0.05, 0.1) is 6.20 Å². The van der Waals surface area contributed by atoms with Crippen molar-refractivity contribution in [2.75, 3.05) is 0 Å². The number of rotatable bonds is 1. The molecule has 0 N–H and O–H groups in total. The van der Waals surface area contributed by atoms with Crippen molar-refractivity contribution in [3.8, 4) is 0 Å². The van der Waals surface area contributed by atoms with Crippen LogP contribution in [0.25, 0.3) is 11.2 Å². The number of pyridine rings is 1. The summed E-state index contributed by atoms with van der Waals surface area (Å²) in [6.45, 7) is 0. The lowest BCUT2D eigenvalue weighted by Crippen LogP contribution is -2.04. The van der Waals surface area contributed by atoms with Crippen LogP contribution in [0, 0.1) is 5.82 Å². The van der Waals surface area contributed by atoms with Crippen molar-refractivity contribution in [1.82, 2.24) is 9.97 Å². The van der Waals surface area contributed by atoms with Crippen LogP contribution in [-0.2, 0) is 0 Å². The van der Waals surface area contributed by atoms with Gasteiger partial charge in [0.1, 0.15) is 11.3 Å². The Labute approximate surface area is 92.7 Å². The molecule has 3 nitrogen and oxygen atoms in total. The summed E-state index contributed by atoms with van der Waals surface area (Å²) in [4.78, 5) is 8.22. The fourth-order valence-electron chi connectivity index (χ4n) is 2.34. The highest BCUT2D eigenvalue weighted by atomic mass is 19.1. The summed E-state index contributed by atoms with van der Waals surface area (Å²) in [6.07, 6.45) is 7.16. The molecule has 3 rings (SSSR count). The Morgan fingerprint density at radius 3 is 2.88 bits per heavy atom. The van der Waals surface area contributed by atoms with Crippen LogP contribution >= 0.6 is 0 Å². The highest BCUT2D eigenvalue weighted by Gasteiger charge is 2.21. The van der Waals surface area contributed by atoms with E-state index in [-0.39, 0.29) is 5.82 Å². The minimum Gasteiger partial charge on any atom is -0.422 e. The zero-order chi connectivity index (χ0) is 11.0. The summed E-state index contributed by atoms with van der Waals surface area (Å²) in [5.74, 6) is 0.759. The maximum atomic E-state index is 12.9. The molecule has 2 aromatic heterocycles. The normalized spacial score (nSPS) is 18.1. The fourth-order valence-corrected chi connectivity index (χ4v) is 2.34. The molecule has 0 radical (unpaired) electrons. The Morgan fingerprint density at radius 1 is 1.25 bits per heavy atom. The van der Waals surface area contributed by atoms with Gasteiger partial charge < -0.3 is 4.42 Å². The van der Waals surface area contributed by atoms with Crippen LogP contribution in [0.15, 0.2) is 16.7 Å². The molecule has 1 fully saturated rings. The largest absolute Gasteiger partial charge is 0.422 e. The van der Waals surface area contributed by atoms with Crippen LogP contribution in [0.5, 0.6) is 0 Å². The van der Waals surface area contributed by atoms with Gasteiger partial charge in [0.15, 0.2) is 0 Å². The number of halogens is 1. The third kappa shape index (κ3) is 1.68. The first kappa shape index (κ1) is 9.75. The van der Waals surface area contributed by atoms with E-state index >= 15 is 0 Å². The Kier molecular flexibility index (Phi) is 2.35. The van der Waals surface area contributed by atoms with Crippen molar-refractivity contribution in [2.24, 2.45) is 0 Å². The van der Waals surface area contributed by atoms with Crippen LogP contribution in [0.4, 0.5) is 4.39 Å². The standard InChI is InChI=1S/C12H13FN2O/c13-9-6-10-12(14-7-9)16-11(15-10)8-4-2-1-3-5-8/h6-8H,1-5H2. The maximum absolute atomic E-state index is 12.9. The molecule has 0 amide bonds. The van der Waals surface area contributed by atoms with Gasteiger partial charge in [0.2, 0.25) is 11.6 Å². The van der Waals surface area contributed by atoms with Gasteiger partial charge in [0, 0.05) is 12.0 Å². The smallest absolute Gasteiger partial charge is 0.247 e. The number of hydrogen-bond acceptors (Lipinski definition) is 3. The SMILES string of the molecule is Fc1cnc2oc(C3CCCCC3)nc2c1. The van der Waals surface area contributed by atoms with Crippen molar-refractivity contribution < 1.29 is 8.81 Å². The van der Waals surface area contributed by atoms with Gasteiger partial charge in [-0.25, -0.2) is 14.4 Å². The summed E-state index contributed by atoms with van der Waals surface area (Å²) in [5, 5.41) is 0. The molecule has 2 aromatic rings. The summed E-state index contributed by atoms with van der Waals surface area (Å²) >= 11 is 0. The zero-order valence-corrected chi connectivity index (χ0v) is 8.95. The van der Waals surface area contributed by atoms with E-state index < -0.39 is 0 Å². The van der Waals surface area contributed by atoms with Gasteiger partial charge in [-0.15, -0.1) is 0 Å². The summed E-state index contributed by atoms with van der Waals surface area (Å²) in [6, 6.07) is 1.37. The molecule has 0 aromatic carbocycles. The van der Waals surface area contributed by atoms with Crippen molar-refractivity contribution in [3.05, 3.63) is 24.0 Å². The van der Waals surface area contributed by atoms with Crippen LogP contribution in [0.1, 0.15) is 43.9 Å². The predicted octanol–water partition coefficient (Wildman–Crippen LogP) is 3.41. The minimum atomic E-state index is -0.365. The lowest BCUT2D eigenvalue weighted by Gasteiger charge is -2.17. The number of fused-ring (bicyclic) bond motifs is 1. The predicted molar refractivity (Wildman–Crippen MR) is 57.6 cm³/mol. The first-order valence-corrected chi connectivity index (χ1v) is 5.75. The zero-order valence-electron chi connectivity index (χ0n) is 8.95. The first-order valence-electron chi connectivity index (χ1n) is 5.75. The van der Waals surface area contributed by atoms with Crippen molar-refractivity contribution in [1.29, 1.82) is 0 Å². The van der Waals surface area contributed by atoms with E-state index in [4.69, 9.17) is 4.42 Å². The van der Waals surface area contributed by atoms with Gasteiger partial charge in [-0.05, 0) is 12.8 Å². The number of aromatic nitrogens is 2. The Balaban J connectivity index is 1.97. The summed E-state index contributed by atoms with van der Waals surface area (Å²) < 4.78 is 18.5. The monoisotopic (exact) mass is 220 g/mol. The maximum Gasteiger partial charge on any atom is 0.247 e. The van der Waals surface area contributed by atoms with Crippen molar-refractivity contribution in [2.45, 2.75) is 38.0 Å². The molecule has 1 aliphatic rings. The quantitative estimate of drug-likeness (QED) is 0.739. The van der Waals surface area contributed by atoms with Crippen LogP contribution in [0.2, 0.25) is 0 Å². The number of nitrogens with zero attached hydrogens (tertiary/aromatic N) is 2. The summed E-state index contributed by atoms with van der Waals surface area (Å²) in [5.41, 5.74) is 0.975. The topological polar surface area (TPSA) is 38.9 Å². The molecule has 2 heterocycles. The number of oxazole rings is 1. The Bertz CT molecular complexity index is 503. The Morgan fingerprint density at radius 2 is 2.06 bits per heavy atom. The lowest BCUT2D eigenvalue weighted by molar-refractivity contribution is 0.371. The van der Waals surface area contributed by atoms with Gasteiger partial charge >= 0.3 is 0 Å². The van der Waals surface area contributed by atoms with E-state index in [2.05, 4.69) is 9.97 Å². The van der Waals surface area contributed by atoms with Crippen LogP contribution in [0.3, 0.4) is 0 Å². The molecule has 4 heteroatoms. The van der Waals surface area contributed by atoms with E-state index in [9.17, 15) is 4.39 Å². The van der Waals surface area contributed by atoms with Gasteiger partial charge in [-0.2, -0.15) is 0 Å². The Hall–Kier alpha value is -1.45. The lowest BCUT2D eigenvalue weighted by atomic mass is 9.89. The highest BCUT2D eigenvalue weighted by Crippen LogP contribution is 2.33. The third-order valence-corrected chi connectivity index (χ3v) is 3.19. The molecule has 0 bridgehead atoms. The molecule has 0 atom stereocenters. The van der Waals surface area contributed by atoms with Crippen molar-refractivity contribution in [3.63, 3.8) is 0 Å². The second-order valence-electron chi connectivity index (χ2n) is 4.36. The van der Waals surface area contributed by atoms with E-state index in [1.165, 1.54) is 25.3 Å². The minimum absolute atomic E-state index is 0.365. The molecule has 1 aliphatic carbocycles. The highest BCUT2D eigenvalue weighted by molar-refractivity contribution is 5.67. The summed E-state index contributed by atoms with van der Waals surface area (Å²) in [7, 11) is 0. The number of hydrogen-bond donors (Lipinski definition) is 0. The average Bonchev–Trinajstić information content (AvgIpc) is 2.73. The van der Waals surface area contributed by atoms with Gasteiger partial charge in [0.25, 0.3) is 0 Å². The molecule has 0 spiro atoms. The molecule has 0 aliphatic heterocycles. The van der Waals surface area contributed by atoms with E-state index in [1.54, 1.807) is 0 Å². The molecule has 1 saturated carbocycles. The fraction of sp³-hybridized carbons (Fsp3) is 0.500. The third-order valence-electron chi connectivity index (χ3n) is 3.19. The molecule has 84 valence electrons. The van der Waals surface area contributed by atoms with Crippen LogP contribution in [-0.4, -0.2) is 9.97 Å². The average molecular weight is 220 g/mol.